The summed E-state index contributed by atoms with van der Waals surface area (Å²) in [6, 6.07) is 0. The molecule has 0 bridgehead atoms. The van der Waals surface area contributed by atoms with Crippen molar-refractivity contribution < 1.29 is 14.7 Å². The zero-order valence-corrected chi connectivity index (χ0v) is 12.8. The predicted molar refractivity (Wildman–Crippen MR) is 79.9 cm³/mol. The standard InChI is InChI=1S/C14H17NO3S.ClH/c16-13(15-6-5-9(7-15)14(17)18)11-8-19-12-4-2-1-3-10(11)12;/h8-9H,1-7H2,(H,17,18);1H. The zero-order chi connectivity index (χ0) is 13.4. The van der Waals surface area contributed by atoms with Crippen molar-refractivity contribution in [2.24, 2.45) is 5.92 Å². The van der Waals surface area contributed by atoms with Crippen LogP contribution in [0.5, 0.6) is 0 Å². The maximum atomic E-state index is 12.5. The van der Waals surface area contributed by atoms with Crippen molar-refractivity contribution in [3.8, 4) is 0 Å². The molecule has 2 aliphatic rings. The number of nitrogens with zero attached hydrogens (tertiary/aromatic N) is 1. The summed E-state index contributed by atoms with van der Waals surface area (Å²) in [5.41, 5.74) is 2.05. The van der Waals surface area contributed by atoms with Gasteiger partial charge in [-0.3, -0.25) is 9.59 Å². The smallest absolute Gasteiger partial charge is 0.308 e. The molecule has 1 N–H and O–H groups in total. The second-order valence-corrected chi connectivity index (χ2v) is 6.30. The molecule has 1 saturated heterocycles. The van der Waals surface area contributed by atoms with Gasteiger partial charge in [-0.05, 0) is 37.7 Å². The first-order chi connectivity index (χ1) is 9.16. The van der Waals surface area contributed by atoms with E-state index < -0.39 is 11.9 Å². The molecule has 0 radical (unpaired) electrons. The summed E-state index contributed by atoms with van der Waals surface area (Å²) in [4.78, 5) is 26.5. The van der Waals surface area contributed by atoms with E-state index in [-0.39, 0.29) is 18.3 Å². The fraction of sp³-hybridized carbons (Fsp3) is 0.571. The summed E-state index contributed by atoms with van der Waals surface area (Å²) in [7, 11) is 0. The van der Waals surface area contributed by atoms with E-state index in [1.54, 1.807) is 16.2 Å². The van der Waals surface area contributed by atoms with Crippen LogP contribution < -0.4 is 0 Å². The second kappa shape index (κ2) is 6.14. The molecule has 0 saturated carbocycles. The molecule has 110 valence electrons. The topological polar surface area (TPSA) is 57.6 Å². The minimum atomic E-state index is -0.789. The van der Waals surface area contributed by atoms with E-state index in [1.165, 1.54) is 16.9 Å². The van der Waals surface area contributed by atoms with Crippen LogP contribution in [0.2, 0.25) is 0 Å². The Hall–Kier alpha value is -1.07. The first-order valence-electron chi connectivity index (χ1n) is 6.78. The highest BCUT2D eigenvalue weighted by molar-refractivity contribution is 7.10. The third kappa shape index (κ3) is 2.69. The number of likely N-dealkylation sites (tertiary alicyclic amines) is 1. The summed E-state index contributed by atoms with van der Waals surface area (Å²) in [5, 5.41) is 11.0. The number of carboxylic acids is 1. The van der Waals surface area contributed by atoms with Crippen molar-refractivity contribution in [1.82, 2.24) is 4.90 Å². The van der Waals surface area contributed by atoms with Gasteiger partial charge in [0.05, 0.1) is 11.5 Å². The fourth-order valence-electron chi connectivity index (χ4n) is 2.99. The summed E-state index contributed by atoms with van der Waals surface area (Å²) < 4.78 is 0. The van der Waals surface area contributed by atoms with Gasteiger partial charge in [-0.1, -0.05) is 0 Å². The van der Waals surface area contributed by atoms with E-state index in [0.717, 1.165) is 24.8 Å². The molecule has 1 amide bonds. The number of aryl methyl sites for hydroxylation is 1. The second-order valence-electron chi connectivity index (χ2n) is 5.33. The van der Waals surface area contributed by atoms with E-state index in [4.69, 9.17) is 5.11 Å². The lowest BCUT2D eigenvalue weighted by Crippen LogP contribution is -2.30. The molecule has 6 heteroatoms. The maximum absolute atomic E-state index is 12.5. The number of amides is 1. The summed E-state index contributed by atoms with van der Waals surface area (Å²) in [6.07, 6.45) is 5.03. The quantitative estimate of drug-likeness (QED) is 0.912. The minimum Gasteiger partial charge on any atom is -0.481 e. The number of hydrogen-bond donors (Lipinski definition) is 1. The number of carbonyl (C=O) groups is 2. The number of fused-ring (bicyclic) bond motifs is 1. The number of carbonyl (C=O) groups excluding carboxylic acids is 1. The Morgan fingerprint density at radius 3 is 2.75 bits per heavy atom. The first kappa shape index (κ1) is 15.3. The van der Waals surface area contributed by atoms with Gasteiger partial charge in [-0.15, -0.1) is 23.7 Å². The Labute approximate surface area is 128 Å². The summed E-state index contributed by atoms with van der Waals surface area (Å²) in [6.45, 7) is 0.930. The number of carboxylic acid groups (broad SMARTS) is 1. The molecule has 1 fully saturated rings. The van der Waals surface area contributed by atoms with Crippen LogP contribution >= 0.6 is 23.7 Å². The molecule has 20 heavy (non-hydrogen) atoms. The van der Waals surface area contributed by atoms with Crippen LogP contribution in [-0.4, -0.2) is 35.0 Å². The van der Waals surface area contributed by atoms with E-state index in [0.29, 0.717) is 19.5 Å². The van der Waals surface area contributed by atoms with Gasteiger partial charge in [-0.25, -0.2) is 0 Å². The predicted octanol–water partition coefficient (Wildman–Crippen LogP) is 2.60. The Morgan fingerprint density at radius 1 is 1.30 bits per heavy atom. The van der Waals surface area contributed by atoms with Crippen LogP contribution in [0.15, 0.2) is 5.38 Å². The molecule has 4 nitrogen and oxygen atoms in total. The molecule has 0 aromatic carbocycles. The van der Waals surface area contributed by atoms with Crippen molar-refractivity contribution in [2.45, 2.75) is 32.1 Å². The van der Waals surface area contributed by atoms with Gasteiger partial charge < -0.3 is 10.0 Å². The van der Waals surface area contributed by atoms with Crippen LogP contribution in [-0.2, 0) is 17.6 Å². The van der Waals surface area contributed by atoms with E-state index in [1.807, 2.05) is 5.38 Å². The highest BCUT2D eigenvalue weighted by Crippen LogP contribution is 2.31. The highest BCUT2D eigenvalue weighted by Gasteiger charge is 2.33. The lowest BCUT2D eigenvalue weighted by Gasteiger charge is -2.18. The van der Waals surface area contributed by atoms with Crippen molar-refractivity contribution in [1.29, 1.82) is 0 Å². The largest absolute Gasteiger partial charge is 0.481 e. The Kier molecular flexibility index (Phi) is 4.70. The average Bonchev–Trinajstić information content (AvgIpc) is 3.05. The molecule has 1 aliphatic heterocycles. The lowest BCUT2D eigenvalue weighted by atomic mass is 9.95. The molecule has 0 spiro atoms. The van der Waals surface area contributed by atoms with E-state index in [9.17, 15) is 9.59 Å². The highest BCUT2D eigenvalue weighted by atomic mass is 35.5. The Bertz CT molecular complexity index is 528. The van der Waals surface area contributed by atoms with Crippen molar-refractivity contribution in [2.75, 3.05) is 13.1 Å². The molecule has 1 aliphatic carbocycles. The fourth-order valence-corrected chi connectivity index (χ4v) is 4.11. The monoisotopic (exact) mass is 315 g/mol. The van der Waals surface area contributed by atoms with Gasteiger partial charge in [-0.2, -0.15) is 0 Å². The third-order valence-corrected chi connectivity index (χ3v) is 5.21. The van der Waals surface area contributed by atoms with Crippen LogP contribution in [0.1, 0.15) is 40.1 Å². The number of halogens is 1. The molecule has 1 atom stereocenters. The van der Waals surface area contributed by atoms with Crippen LogP contribution in [0, 0.1) is 5.92 Å². The SMILES string of the molecule is Cl.O=C(O)C1CCN(C(=O)c2csc3c2CCCC3)C1. The molecular formula is C14H18ClNO3S. The van der Waals surface area contributed by atoms with E-state index >= 15 is 0 Å². The lowest BCUT2D eigenvalue weighted by molar-refractivity contribution is -0.141. The normalized spacial score (nSPS) is 21.2. The molecule has 1 aromatic rings. The Balaban J connectivity index is 0.00000147. The molecular weight excluding hydrogens is 298 g/mol. The summed E-state index contributed by atoms with van der Waals surface area (Å²) >= 11 is 1.68. The number of hydrogen-bond acceptors (Lipinski definition) is 3. The maximum Gasteiger partial charge on any atom is 0.308 e. The number of thiophene rings is 1. The van der Waals surface area contributed by atoms with Gasteiger partial charge in [0.15, 0.2) is 0 Å². The molecule has 2 heterocycles. The van der Waals surface area contributed by atoms with E-state index in [2.05, 4.69) is 0 Å². The zero-order valence-electron chi connectivity index (χ0n) is 11.1. The van der Waals surface area contributed by atoms with Crippen molar-refractivity contribution >= 4 is 35.6 Å². The van der Waals surface area contributed by atoms with Crippen molar-refractivity contribution in [3.05, 3.63) is 21.4 Å². The van der Waals surface area contributed by atoms with Gasteiger partial charge in [0.1, 0.15) is 0 Å². The van der Waals surface area contributed by atoms with Gasteiger partial charge >= 0.3 is 5.97 Å². The first-order valence-corrected chi connectivity index (χ1v) is 7.66. The van der Waals surface area contributed by atoms with Crippen LogP contribution in [0.25, 0.3) is 0 Å². The van der Waals surface area contributed by atoms with Crippen LogP contribution in [0.3, 0.4) is 0 Å². The molecule has 1 unspecified atom stereocenters. The molecule has 1 aromatic heterocycles. The van der Waals surface area contributed by atoms with Crippen LogP contribution in [0.4, 0.5) is 0 Å². The number of aliphatic carboxylic acids is 1. The average molecular weight is 316 g/mol. The third-order valence-electron chi connectivity index (χ3n) is 4.12. The summed E-state index contributed by atoms with van der Waals surface area (Å²) in [5.74, 6) is -1.15. The molecule has 3 rings (SSSR count). The minimum absolute atomic E-state index is 0. The Morgan fingerprint density at radius 2 is 2.05 bits per heavy atom. The van der Waals surface area contributed by atoms with Gasteiger partial charge in [0, 0.05) is 23.3 Å². The number of rotatable bonds is 2. The van der Waals surface area contributed by atoms with Gasteiger partial charge in [0.2, 0.25) is 0 Å². The van der Waals surface area contributed by atoms with Gasteiger partial charge in [0.25, 0.3) is 5.91 Å². The van der Waals surface area contributed by atoms with Crippen molar-refractivity contribution in [3.63, 3.8) is 0 Å².